The van der Waals surface area contributed by atoms with Gasteiger partial charge in [-0.3, -0.25) is 4.79 Å². The van der Waals surface area contributed by atoms with Crippen molar-refractivity contribution in [1.29, 1.82) is 0 Å². The minimum Gasteiger partial charge on any atom is -0.378 e. The molecular weight excluding hydrogens is 308 g/mol. The first-order valence-corrected chi connectivity index (χ1v) is 7.72. The van der Waals surface area contributed by atoms with Gasteiger partial charge in [-0.1, -0.05) is 13.3 Å². The Bertz CT molecular complexity index is 470. The summed E-state index contributed by atoms with van der Waals surface area (Å²) in [5.74, 6) is 0.626. The number of nitrogens with one attached hydrogen (secondary N) is 2. The number of rotatable bonds is 7. The molecule has 0 saturated heterocycles. The summed E-state index contributed by atoms with van der Waals surface area (Å²) in [6.45, 7) is 5.31. The maximum atomic E-state index is 12.3. The predicted octanol–water partition coefficient (Wildman–Crippen LogP) is 1.83. The number of likely N-dealkylation sites (N-methyl/N-ethyl adjacent to an activating group) is 1. The Morgan fingerprint density at radius 2 is 2.26 bits per heavy atom. The summed E-state index contributed by atoms with van der Waals surface area (Å²) in [7, 11) is 0. The van der Waals surface area contributed by atoms with Crippen molar-refractivity contribution in [2.24, 2.45) is 5.92 Å². The van der Waals surface area contributed by atoms with Gasteiger partial charge in [-0.15, -0.1) is 0 Å². The van der Waals surface area contributed by atoms with E-state index in [9.17, 15) is 4.79 Å². The second-order valence-corrected chi connectivity index (χ2v) is 5.79. The predicted molar refractivity (Wildman–Crippen MR) is 80.6 cm³/mol. The molecule has 1 aliphatic carbocycles. The van der Waals surface area contributed by atoms with E-state index in [4.69, 9.17) is 0 Å². The average Bonchev–Trinajstić information content (AvgIpc) is 2.35. The van der Waals surface area contributed by atoms with E-state index in [2.05, 4.69) is 38.6 Å². The van der Waals surface area contributed by atoms with Crippen LogP contribution in [0.3, 0.4) is 0 Å². The Labute approximate surface area is 121 Å². The third kappa shape index (κ3) is 3.79. The summed E-state index contributed by atoms with van der Waals surface area (Å²) in [4.78, 5) is 12.3. The van der Waals surface area contributed by atoms with Crippen LogP contribution in [0.1, 0.15) is 26.2 Å². The van der Waals surface area contributed by atoms with Crippen molar-refractivity contribution in [2.45, 2.75) is 32.7 Å². The highest BCUT2D eigenvalue weighted by Crippen LogP contribution is 2.27. The van der Waals surface area contributed by atoms with Gasteiger partial charge in [0, 0.05) is 19.6 Å². The smallest absolute Gasteiger partial charge is 0.291 e. The van der Waals surface area contributed by atoms with Gasteiger partial charge in [-0.05, 0) is 41.2 Å². The minimum absolute atomic E-state index is 0.0298. The molecule has 1 heterocycles. The average molecular weight is 329 g/mol. The van der Waals surface area contributed by atoms with E-state index in [1.807, 2.05) is 0 Å². The number of anilines is 1. The van der Waals surface area contributed by atoms with E-state index in [0.717, 1.165) is 30.7 Å². The van der Waals surface area contributed by atoms with Crippen molar-refractivity contribution >= 4 is 21.6 Å². The first-order chi connectivity index (χ1) is 9.22. The second-order valence-electron chi connectivity index (χ2n) is 4.93. The Kier molecular flexibility index (Phi) is 5.39. The van der Waals surface area contributed by atoms with Crippen molar-refractivity contribution in [3.63, 3.8) is 0 Å². The molecule has 6 heteroatoms. The molecule has 2 rings (SSSR count). The topological polar surface area (TPSA) is 59.0 Å². The lowest BCUT2D eigenvalue weighted by molar-refractivity contribution is 0.262. The monoisotopic (exact) mass is 328 g/mol. The maximum absolute atomic E-state index is 12.3. The standard InChI is InChI=1S/C13H21BrN4O/c1-2-15-6-7-16-12-11(14)8-17-18(13(12)19)9-10-4-3-5-10/h8,10,15-16H,2-7,9H2,1H3. The summed E-state index contributed by atoms with van der Waals surface area (Å²) in [5, 5.41) is 10.6. The molecule has 0 unspecified atom stereocenters. The second kappa shape index (κ2) is 7.05. The van der Waals surface area contributed by atoms with Crippen molar-refractivity contribution in [3.8, 4) is 0 Å². The largest absolute Gasteiger partial charge is 0.378 e. The highest BCUT2D eigenvalue weighted by molar-refractivity contribution is 9.10. The van der Waals surface area contributed by atoms with Crippen LogP contribution in [-0.2, 0) is 6.54 Å². The third-order valence-electron chi connectivity index (χ3n) is 3.51. The van der Waals surface area contributed by atoms with Gasteiger partial charge in [-0.25, -0.2) is 4.68 Å². The van der Waals surface area contributed by atoms with Crippen LogP contribution in [0.4, 0.5) is 5.69 Å². The number of nitrogens with zero attached hydrogens (tertiary/aromatic N) is 2. The molecule has 0 aliphatic heterocycles. The highest BCUT2D eigenvalue weighted by atomic mass is 79.9. The number of hydrogen-bond acceptors (Lipinski definition) is 4. The number of aromatic nitrogens is 2. The molecule has 5 nitrogen and oxygen atoms in total. The highest BCUT2D eigenvalue weighted by Gasteiger charge is 2.20. The molecule has 1 saturated carbocycles. The summed E-state index contributed by atoms with van der Waals surface area (Å²) < 4.78 is 2.32. The molecular formula is C13H21BrN4O. The molecule has 0 atom stereocenters. The van der Waals surface area contributed by atoms with Gasteiger partial charge < -0.3 is 10.6 Å². The van der Waals surface area contributed by atoms with Gasteiger partial charge in [0.05, 0.1) is 10.7 Å². The Balaban J connectivity index is 2.03. The Morgan fingerprint density at radius 1 is 1.47 bits per heavy atom. The SMILES string of the molecule is CCNCCNc1c(Br)cnn(CC2CCC2)c1=O. The third-order valence-corrected chi connectivity index (χ3v) is 4.11. The molecule has 19 heavy (non-hydrogen) atoms. The zero-order chi connectivity index (χ0) is 13.7. The van der Waals surface area contributed by atoms with Crippen molar-refractivity contribution < 1.29 is 0 Å². The van der Waals surface area contributed by atoms with E-state index in [0.29, 0.717) is 11.6 Å². The molecule has 1 aromatic heterocycles. The fraction of sp³-hybridized carbons (Fsp3) is 0.692. The molecule has 0 amide bonds. The lowest BCUT2D eigenvalue weighted by Gasteiger charge is -2.25. The van der Waals surface area contributed by atoms with E-state index < -0.39 is 0 Å². The van der Waals surface area contributed by atoms with Crippen LogP contribution in [-0.4, -0.2) is 29.4 Å². The fourth-order valence-corrected chi connectivity index (χ4v) is 2.53. The van der Waals surface area contributed by atoms with Crippen molar-refractivity contribution in [2.75, 3.05) is 25.0 Å². The van der Waals surface area contributed by atoms with Crippen LogP contribution in [0.15, 0.2) is 15.5 Å². The first kappa shape index (κ1) is 14.5. The Hall–Kier alpha value is -0.880. The van der Waals surface area contributed by atoms with E-state index in [1.54, 1.807) is 10.9 Å². The molecule has 0 aromatic carbocycles. The van der Waals surface area contributed by atoms with E-state index >= 15 is 0 Å². The van der Waals surface area contributed by atoms with Crippen LogP contribution in [0.5, 0.6) is 0 Å². The van der Waals surface area contributed by atoms with E-state index in [1.165, 1.54) is 19.3 Å². The summed E-state index contributed by atoms with van der Waals surface area (Å²) in [6, 6.07) is 0. The summed E-state index contributed by atoms with van der Waals surface area (Å²) >= 11 is 3.39. The first-order valence-electron chi connectivity index (χ1n) is 6.92. The molecule has 106 valence electrons. The minimum atomic E-state index is -0.0298. The lowest BCUT2D eigenvalue weighted by Crippen LogP contribution is -2.32. The lowest BCUT2D eigenvalue weighted by atomic mass is 9.85. The molecule has 0 bridgehead atoms. The van der Waals surface area contributed by atoms with Crippen LogP contribution in [0.2, 0.25) is 0 Å². The number of halogens is 1. The van der Waals surface area contributed by atoms with Gasteiger partial charge in [0.1, 0.15) is 5.69 Å². The molecule has 1 aliphatic rings. The van der Waals surface area contributed by atoms with Crippen LogP contribution >= 0.6 is 15.9 Å². The van der Waals surface area contributed by atoms with Crippen molar-refractivity contribution in [1.82, 2.24) is 15.1 Å². The quantitative estimate of drug-likeness (QED) is 0.750. The van der Waals surface area contributed by atoms with Crippen LogP contribution in [0, 0.1) is 5.92 Å². The zero-order valence-corrected chi connectivity index (χ0v) is 12.9. The maximum Gasteiger partial charge on any atom is 0.291 e. The van der Waals surface area contributed by atoms with Gasteiger partial charge in [0.2, 0.25) is 0 Å². The molecule has 1 aromatic rings. The van der Waals surface area contributed by atoms with Gasteiger partial charge in [-0.2, -0.15) is 5.10 Å². The summed E-state index contributed by atoms with van der Waals surface area (Å²) in [5.41, 5.74) is 0.588. The normalized spacial score (nSPS) is 15.3. The van der Waals surface area contributed by atoms with E-state index in [-0.39, 0.29) is 5.56 Å². The molecule has 0 radical (unpaired) electrons. The molecule has 0 spiro atoms. The van der Waals surface area contributed by atoms with Gasteiger partial charge in [0.15, 0.2) is 0 Å². The van der Waals surface area contributed by atoms with Crippen LogP contribution < -0.4 is 16.2 Å². The fourth-order valence-electron chi connectivity index (χ4n) is 2.13. The molecule has 2 N–H and O–H groups in total. The zero-order valence-electron chi connectivity index (χ0n) is 11.3. The van der Waals surface area contributed by atoms with Gasteiger partial charge >= 0.3 is 0 Å². The number of hydrogen-bond donors (Lipinski definition) is 2. The Morgan fingerprint density at radius 3 is 2.89 bits per heavy atom. The van der Waals surface area contributed by atoms with Crippen LogP contribution in [0.25, 0.3) is 0 Å². The van der Waals surface area contributed by atoms with Crippen molar-refractivity contribution in [3.05, 3.63) is 21.0 Å². The molecule has 1 fully saturated rings. The van der Waals surface area contributed by atoms with Gasteiger partial charge in [0.25, 0.3) is 5.56 Å². The summed E-state index contributed by atoms with van der Waals surface area (Å²) in [6.07, 6.45) is 5.42.